The van der Waals surface area contributed by atoms with E-state index in [4.69, 9.17) is 9.15 Å². The van der Waals surface area contributed by atoms with E-state index < -0.39 is 0 Å². The van der Waals surface area contributed by atoms with E-state index in [1.807, 2.05) is 36.1 Å². The highest BCUT2D eigenvalue weighted by molar-refractivity contribution is 6.00. The summed E-state index contributed by atoms with van der Waals surface area (Å²) in [5.41, 5.74) is 6.02. The molecule has 1 amide bonds. The monoisotopic (exact) mass is 480 g/mol. The Bertz CT molecular complexity index is 1350. The van der Waals surface area contributed by atoms with Crippen molar-refractivity contribution in [3.63, 3.8) is 0 Å². The van der Waals surface area contributed by atoms with Crippen molar-refractivity contribution >= 4 is 22.4 Å². The minimum Gasteiger partial charge on any atom is -0.496 e. The van der Waals surface area contributed by atoms with Gasteiger partial charge in [0.05, 0.1) is 13.4 Å². The standard InChI is InChI=1S/C31H32N2O3/c1-23(19-31(34)33-17-15-32(16-18-33)14-13-24-9-5-3-6-10-24)26-20-27-28(25-11-7-4-8-12-25)22-36-30(27)21-29(26)35-2/h3-12,19-22H,13-18H2,1-2H3/b23-19+. The van der Waals surface area contributed by atoms with Gasteiger partial charge in [-0.15, -0.1) is 0 Å². The second kappa shape index (κ2) is 10.8. The fourth-order valence-electron chi connectivity index (χ4n) is 4.85. The molecule has 0 spiro atoms. The fourth-order valence-corrected chi connectivity index (χ4v) is 4.85. The quantitative estimate of drug-likeness (QED) is 0.309. The fraction of sp³-hybridized carbons (Fsp3) is 0.258. The van der Waals surface area contributed by atoms with E-state index in [1.54, 1.807) is 19.4 Å². The van der Waals surface area contributed by atoms with Gasteiger partial charge in [0.1, 0.15) is 11.3 Å². The first kappa shape index (κ1) is 23.9. The van der Waals surface area contributed by atoms with Crippen LogP contribution in [0.25, 0.3) is 27.7 Å². The SMILES string of the molecule is COc1cc2occ(-c3ccccc3)c2cc1/C(C)=C/C(=O)N1CCN(CCc2ccccc2)CC1. The first-order chi connectivity index (χ1) is 17.6. The second-order valence-electron chi connectivity index (χ2n) is 9.29. The molecule has 5 rings (SSSR count). The van der Waals surface area contributed by atoms with Crippen molar-refractivity contribution in [1.82, 2.24) is 9.80 Å². The van der Waals surface area contributed by atoms with Crippen molar-refractivity contribution < 1.29 is 13.9 Å². The van der Waals surface area contributed by atoms with Crippen LogP contribution in [-0.2, 0) is 11.2 Å². The Morgan fingerprint density at radius 3 is 2.36 bits per heavy atom. The van der Waals surface area contributed by atoms with Gasteiger partial charge in [0, 0.05) is 61.4 Å². The number of rotatable bonds is 7. The van der Waals surface area contributed by atoms with Crippen molar-refractivity contribution in [3.05, 3.63) is 96.3 Å². The number of nitrogens with zero attached hydrogens (tertiary/aromatic N) is 2. The molecule has 0 atom stereocenters. The molecule has 1 aliphatic rings. The molecule has 0 bridgehead atoms. The maximum atomic E-state index is 13.1. The van der Waals surface area contributed by atoms with Crippen molar-refractivity contribution in [2.75, 3.05) is 39.8 Å². The molecule has 1 aliphatic heterocycles. The van der Waals surface area contributed by atoms with Gasteiger partial charge in [-0.1, -0.05) is 60.7 Å². The van der Waals surface area contributed by atoms with Crippen LogP contribution in [0.3, 0.4) is 0 Å². The minimum atomic E-state index is 0.0489. The third-order valence-electron chi connectivity index (χ3n) is 6.99. The van der Waals surface area contributed by atoms with E-state index >= 15 is 0 Å². The predicted octanol–water partition coefficient (Wildman–Crippen LogP) is 5.90. The summed E-state index contributed by atoms with van der Waals surface area (Å²) in [5, 5.41) is 1.00. The minimum absolute atomic E-state index is 0.0489. The Kier molecular flexibility index (Phi) is 7.19. The molecule has 0 saturated carbocycles. The van der Waals surface area contributed by atoms with Crippen LogP contribution in [-0.4, -0.2) is 55.5 Å². The van der Waals surface area contributed by atoms with Crippen LogP contribution in [0, 0.1) is 0 Å². The van der Waals surface area contributed by atoms with Crippen LogP contribution in [0.2, 0.25) is 0 Å². The molecule has 1 aromatic heterocycles. The van der Waals surface area contributed by atoms with Crippen LogP contribution in [0.1, 0.15) is 18.1 Å². The van der Waals surface area contributed by atoms with Crippen molar-refractivity contribution in [1.29, 1.82) is 0 Å². The zero-order valence-electron chi connectivity index (χ0n) is 20.9. The van der Waals surface area contributed by atoms with E-state index in [9.17, 15) is 4.79 Å². The largest absolute Gasteiger partial charge is 0.496 e. The van der Waals surface area contributed by atoms with Gasteiger partial charge in [-0.2, -0.15) is 0 Å². The normalized spacial score (nSPS) is 14.8. The summed E-state index contributed by atoms with van der Waals surface area (Å²) in [4.78, 5) is 17.5. The molecule has 2 heterocycles. The summed E-state index contributed by atoms with van der Waals surface area (Å²) in [7, 11) is 1.65. The van der Waals surface area contributed by atoms with Gasteiger partial charge in [0.15, 0.2) is 0 Å². The van der Waals surface area contributed by atoms with Gasteiger partial charge in [-0.25, -0.2) is 0 Å². The van der Waals surface area contributed by atoms with Crippen LogP contribution in [0.5, 0.6) is 5.75 Å². The summed E-state index contributed by atoms with van der Waals surface area (Å²) in [6.07, 6.45) is 4.56. The molecule has 0 aliphatic carbocycles. The van der Waals surface area contributed by atoms with Gasteiger partial charge in [-0.3, -0.25) is 9.69 Å². The number of hydrogen-bond acceptors (Lipinski definition) is 4. The van der Waals surface area contributed by atoms with E-state index in [0.29, 0.717) is 5.75 Å². The Hall–Kier alpha value is -3.83. The molecule has 0 N–H and O–H groups in total. The van der Waals surface area contributed by atoms with Gasteiger partial charge in [-0.05, 0) is 36.1 Å². The van der Waals surface area contributed by atoms with Crippen LogP contribution in [0.4, 0.5) is 0 Å². The molecule has 0 radical (unpaired) electrons. The lowest BCUT2D eigenvalue weighted by molar-refractivity contribution is -0.127. The molecule has 4 aromatic rings. The maximum Gasteiger partial charge on any atom is 0.246 e. The number of fused-ring (bicyclic) bond motifs is 1. The number of hydrogen-bond donors (Lipinski definition) is 0. The van der Waals surface area contributed by atoms with E-state index in [2.05, 4.69) is 53.4 Å². The van der Waals surface area contributed by atoms with E-state index in [-0.39, 0.29) is 5.91 Å². The van der Waals surface area contributed by atoms with Gasteiger partial charge >= 0.3 is 0 Å². The lowest BCUT2D eigenvalue weighted by atomic mass is 9.99. The van der Waals surface area contributed by atoms with Crippen LogP contribution < -0.4 is 4.74 Å². The maximum absolute atomic E-state index is 13.1. The van der Waals surface area contributed by atoms with Crippen molar-refractivity contribution in [2.45, 2.75) is 13.3 Å². The first-order valence-electron chi connectivity index (χ1n) is 12.5. The molecular weight excluding hydrogens is 448 g/mol. The highest BCUT2D eigenvalue weighted by atomic mass is 16.5. The summed E-state index contributed by atoms with van der Waals surface area (Å²) in [6, 6.07) is 24.7. The smallest absolute Gasteiger partial charge is 0.246 e. The van der Waals surface area contributed by atoms with E-state index in [1.165, 1.54) is 5.56 Å². The second-order valence-corrected chi connectivity index (χ2v) is 9.29. The third-order valence-corrected chi connectivity index (χ3v) is 6.99. The average molecular weight is 481 g/mol. The van der Waals surface area contributed by atoms with E-state index in [0.717, 1.165) is 72.4 Å². The number of allylic oxidation sites excluding steroid dienone is 1. The summed E-state index contributed by atoms with van der Waals surface area (Å²) < 4.78 is 11.5. The number of carbonyl (C=O) groups is 1. The molecule has 5 heteroatoms. The zero-order chi connectivity index (χ0) is 24.9. The van der Waals surface area contributed by atoms with Gasteiger partial charge in [0.25, 0.3) is 0 Å². The third kappa shape index (κ3) is 5.21. The molecule has 1 fully saturated rings. The molecule has 36 heavy (non-hydrogen) atoms. The number of furan rings is 1. The topological polar surface area (TPSA) is 45.9 Å². The molecule has 184 valence electrons. The summed E-state index contributed by atoms with van der Waals surface area (Å²) >= 11 is 0. The zero-order valence-corrected chi connectivity index (χ0v) is 20.9. The average Bonchev–Trinajstić information content (AvgIpc) is 3.35. The van der Waals surface area contributed by atoms with Crippen molar-refractivity contribution in [3.8, 4) is 16.9 Å². The number of benzene rings is 3. The highest BCUT2D eigenvalue weighted by Crippen LogP contribution is 2.37. The number of amides is 1. The van der Waals surface area contributed by atoms with Crippen LogP contribution in [0.15, 0.2) is 89.6 Å². The molecule has 5 nitrogen and oxygen atoms in total. The number of piperazine rings is 1. The van der Waals surface area contributed by atoms with Gasteiger partial charge in [0.2, 0.25) is 5.91 Å². The lowest BCUT2D eigenvalue weighted by Crippen LogP contribution is -2.48. The number of ether oxygens (including phenoxy) is 1. The molecule has 0 unspecified atom stereocenters. The summed E-state index contributed by atoms with van der Waals surface area (Å²) in [5.74, 6) is 0.747. The number of carbonyl (C=O) groups excluding carboxylic acids is 1. The lowest BCUT2D eigenvalue weighted by Gasteiger charge is -2.34. The highest BCUT2D eigenvalue weighted by Gasteiger charge is 2.21. The number of methoxy groups -OCH3 is 1. The van der Waals surface area contributed by atoms with Gasteiger partial charge < -0.3 is 14.1 Å². The Morgan fingerprint density at radius 2 is 1.67 bits per heavy atom. The van der Waals surface area contributed by atoms with Crippen molar-refractivity contribution in [2.24, 2.45) is 0 Å². The predicted molar refractivity (Wildman–Crippen MR) is 145 cm³/mol. The molecular formula is C31H32N2O3. The Balaban J connectivity index is 1.29. The molecule has 1 saturated heterocycles. The molecule has 3 aromatic carbocycles. The van der Waals surface area contributed by atoms with Crippen LogP contribution >= 0.6 is 0 Å². The first-order valence-corrected chi connectivity index (χ1v) is 12.5. The Morgan fingerprint density at radius 1 is 0.972 bits per heavy atom. The Labute approximate surface area is 212 Å². The summed E-state index contributed by atoms with van der Waals surface area (Å²) in [6.45, 7) is 6.28.